The summed E-state index contributed by atoms with van der Waals surface area (Å²) in [6, 6.07) is 5.69. The number of hydrogen-bond acceptors (Lipinski definition) is 3. The van der Waals surface area contributed by atoms with E-state index in [0.29, 0.717) is 17.4 Å². The van der Waals surface area contributed by atoms with E-state index in [9.17, 15) is 9.59 Å². The van der Waals surface area contributed by atoms with E-state index < -0.39 is 0 Å². The van der Waals surface area contributed by atoms with E-state index >= 15 is 0 Å². The van der Waals surface area contributed by atoms with Crippen LogP contribution in [0.3, 0.4) is 0 Å². The van der Waals surface area contributed by atoms with Crippen molar-refractivity contribution in [3.63, 3.8) is 0 Å². The second kappa shape index (κ2) is 5.21. The van der Waals surface area contributed by atoms with Gasteiger partial charge in [-0.2, -0.15) is 0 Å². The van der Waals surface area contributed by atoms with Gasteiger partial charge < -0.3 is 10.1 Å². The molecule has 18 heavy (non-hydrogen) atoms. The van der Waals surface area contributed by atoms with Gasteiger partial charge in [0, 0.05) is 6.04 Å². The molecule has 0 spiro atoms. The molecule has 0 bridgehead atoms. The Morgan fingerprint density at radius 1 is 1.39 bits per heavy atom. The van der Waals surface area contributed by atoms with Crippen LogP contribution in [0.25, 0.3) is 0 Å². The average Bonchev–Trinajstić information content (AvgIpc) is 3.11. The van der Waals surface area contributed by atoms with E-state index in [-0.39, 0.29) is 18.3 Å². The van der Waals surface area contributed by atoms with Gasteiger partial charge in [-0.15, -0.1) is 0 Å². The molecule has 0 aliphatic heterocycles. The maximum absolute atomic E-state index is 11.5. The number of ketones is 1. The fourth-order valence-electron chi connectivity index (χ4n) is 1.69. The minimum atomic E-state index is -0.132. The highest BCUT2D eigenvalue weighted by Crippen LogP contribution is 2.21. The second-order valence-corrected chi connectivity index (χ2v) is 4.69. The van der Waals surface area contributed by atoms with Crippen LogP contribution in [0.5, 0.6) is 5.75 Å². The Bertz CT molecular complexity index is 478. The first kappa shape index (κ1) is 12.6. The molecule has 0 unspecified atom stereocenters. The third-order valence-electron chi connectivity index (χ3n) is 2.82. The number of hydrogen-bond donors (Lipinski definition) is 1. The Kier molecular flexibility index (Phi) is 3.65. The zero-order chi connectivity index (χ0) is 13.1. The molecule has 4 heteroatoms. The van der Waals surface area contributed by atoms with Crippen molar-refractivity contribution in [2.24, 2.45) is 0 Å². The zero-order valence-electron chi connectivity index (χ0n) is 10.7. The third-order valence-corrected chi connectivity index (χ3v) is 2.82. The Hall–Kier alpha value is -1.84. The van der Waals surface area contributed by atoms with Crippen molar-refractivity contribution < 1.29 is 14.3 Å². The topological polar surface area (TPSA) is 55.4 Å². The molecule has 0 atom stereocenters. The average molecular weight is 247 g/mol. The predicted molar refractivity (Wildman–Crippen MR) is 67.8 cm³/mol. The number of aryl methyl sites for hydroxylation is 1. The highest BCUT2D eigenvalue weighted by molar-refractivity contribution is 5.97. The number of ether oxygens (including phenoxy) is 1. The number of amides is 1. The molecular formula is C14H17NO3. The Balaban J connectivity index is 1.99. The quantitative estimate of drug-likeness (QED) is 0.808. The molecule has 1 amide bonds. The maximum atomic E-state index is 11.5. The van der Waals surface area contributed by atoms with Gasteiger partial charge in [0.2, 0.25) is 0 Å². The van der Waals surface area contributed by atoms with Gasteiger partial charge in [-0.3, -0.25) is 9.59 Å². The Labute approximate surface area is 106 Å². The fraction of sp³-hybridized carbons (Fsp3) is 0.429. The number of benzene rings is 1. The SMILES string of the molecule is CC(=O)c1cc(C)ccc1OCC(=O)NC1CC1. The van der Waals surface area contributed by atoms with Crippen molar-refractivity contribution in [1.82, 2.24) is 5.32 Å². The van der Waals surface area contributed by atoms with Gasteiger partial charge in [0.1, 0.15) is 5.75 Å². The minimum Gasteiger partial charge on any atom is -0.483 e. The van der Waals surface area contributed by atoms with Crippen LogP contribution in [0.4, 0.5) is 0 Å². The van der Waals surface area contributed by atoms with Crippen LogP contribution in [-0.4, -0.2) is 24.3 Å². The van der Waals surface area contributed by atoms with Crippen LogP contribution in [-0.2, 0) is 4.79 Å². The number of rotatable bonds is 5. The predicted octanol–water partition coefficient (Wildman–Crippen LogP) is 1.86. The van der Waals surface area contributed by atoms with Crippen LogP contribution >= 0.6 is 0 Å². The van der Waals surface area contributed by atoms with Crippen LogP contribution in [0.15, 0.2) is 18.2 Å². The molecule has 0 heterocycles. The summed E-state index contributed by atoms with van der Waals surface area (Å²) in [5, 5.41) is 2.84. The van der Waals surface area contributed by atoms with E-state index in [1.807, 2.05) is 13.0 Å². The molecule has 96 valence electrons. The molecule has 1 fully saturated rings. The lowest BCUT2D eigenvalue weighted by atomic mass is 10.1. The van der Waals surface area contributed by atoms with Gasteiger partial charge in [0.15, 0.2) is 12.4 Å². The molecule has 2 rings (SSSR count). The minimum absolute atomic E-state index is 0.0418. The number of carbonyl (C=O) groups is 2. The lowest BCUT2D eigenvalue weighted by Crippen LogP contribution is -2.30. The van der Waals surface area contributed by atoms with Gasteiger partial charge in [-0.05, 0) is 38.8 Å². The smallest absolute Gasteiger partial charge is 0.258 e. The normalized spacial score (nSPS) is 14.1. The van der Waals surface area contributed by atoms with E-state index in [2.05, 4.69) is 5.32 Å². The number of nitrogens with one attached hydrogen (secondary N) is 1. The first-order valence-corrected chi connectivity index (χ1v) is 6.10. The summed E-state index contributed by atoms with van der Waals surface area (Å²) in [7, 11) is 0. The largest absolute Gasteiger partial charge is 0.483 e. The van der Waals surface area contributed by atoms with Gasteiger partial charge in [-0.25, -0.2) is 0 Å². The molecule has 1 N–H and O–H groups in total. The van der Waals surface area contributed by atoms with Crippen molar-refractivity contribution in [3.05, 3.63) is 29.3 Å². The van der Waals surface area contributed by atoms with Gasteiger partial charge in [0.05, 0.1) is 5.56 Å². The number of carbonyl (C=O) groups excluding carboxylic acids is 2. The van der Waals surface area contributed by atoms with Crippen LogP contribution in [0.2, 0.25) is 0 Å². The first-order valence-electron chi connectivity index (χ1n) is 6.10. The van der Waals surface area contributed by atoms with E-state index in [0.717, 1.165) is 18.4 Å². The van der Waals surface area contributed by atoms with Crippen molar-refractivity contribution in [3.8, 4) is 5.75 Å². The van der Waals surface area contributed by atoms with E-state index in [1.165, 1.54) is 6.92 Å². The second-order valence-electron chi connectivity index (χ2n) is 4.69. The molecule has 4 nitrogen and oxygen atoms in total. The Morgan fingerprint density at radius 3 is 2.72 bits per heavy atom. The monoisotopic (exact) mass is 247 g/mol. The number of Topliss-reactive ketones (excluding diaryl/α,β-unsaturated/α-hetero) is 1. The lowest BCUT2D eigenvalue weighted by molar-refractivity contribution is -0.123. The molecule has 0 aromatic heterocycles. The summed E-state index contributed by atoms with van der Waals surface area (Å²) >= 11 is 0. The van der Waals surface area contributed by atoms with Crippen molar-refractivity contribution in [1.29, 1.82) is 0 Å². The standard InChI is InChI=1S/C14H17NO3/c1-9-3-6-13(12(7-9)10(2)16)18-8-14(17)15-11-4-5-11/h3,6-7,11H,4-5,8H2,1-2H3,(H,15,17). The van der Waals surface area contributed by atoms with Crippen molar-refractivity contribution in [2.75, 3.05) is 6.61 Å². The van der Waals surface area contributed by atoms with Gasteiger partial charge in [-0.1, -0.05) is 11.6 Å². The summed E-state index contributed by atoms with van der Waals surface area (Å²) in [4.78, 5) is 23.0. The summed E-state index contributed by atoms with van der Waals surface area (Å²) in [5.41, 5.74) is 1.52. The van der Waals surface area contributed by atoms with Gasteiger partial charge >= 0.3 is 0 Å². The molecule has 0 radical (unpaired) electrons. The molecule has 1 saturated carbocycles. The molecule has 0 saturated heterocycles. The van der Waals surface area contributed by atoms with Crippen molar-refractivity contribution in [2.45, 2.75) is 32.7 Å². The molecule has 1 aromatic carbocycles. The van der Waals surface area contributed by atoms with Crippen molar-refractivity contribution >= 4 is 11.7 Å². The summed E-state index contributed by atoms with van der Waals surface area (Å²) in [6.45, 7) is 3.36. The molecular weight excluding hydrogens is 230 g/mol. The van der Waals surface area contributed by atoms with Gasteiger partial charge in [0.25, 0.3) is 5.91 Å². The Morgan fingerprint density at radius 2 is 2.11 bits per heavy atom. The van der Waals surface area contributed by atoms with Crippen LogP contribution in [0, 0.1) is 6.92 Å². The summed E-state index contributed by atoms with van der Waals surface area (Å²) in [6.07, 6.45) is 2.10. The highest BCUT2D eigenvalue weighted by Gasteiger charge is 2.23. The molecule has 1 aliphatic carbocycles. The summed E-state index contributed by atoms with van der Waals surface area (Å²) in [5.74, 6) is 0.280. The van der Waals surface area contributed by atoms with Crippen LogP contribution < -0.4 is 10.1 Å². The third kappa shape index (κ3) is 3.32. The van der Waals surface area contributed by atoms with E-state index in [1.54, 1.807) is 12.1 Å². The molecule has 1 aromatic rings. The van der Waals surface area contributed by atoms with Crippen LogP contribution in [0.1, 0.15) is 35.7 Å². The lowest BCUT2D eigenvalue weighted by Gasteiger charge is -2.10. The maximum Gasteiger partial charge on any atom is 0.258 e. The fourth-order valence-corrected chi connectivity index (χ4v) is 1.69. The van der Waals surface area contributed by atoms with E-state index in [4.69, 9.17) is 4.74 Å². The zero-order valence-corrected chi connectivity index (χ0v) is 10.7. The highest BCUT2D eigenvalue weighted by atomic mass is 16.5. The first-order chi connectivity index (χ1) is 8.56. The summed E-state index contributed by atoms with van der Waals surface area (Å²) < 4.78 is 5.41. The molecule has 1 aliphatic rings.